The molecule has 2 fully saturated rings. The van der Waals surface area contributed by atoms with E-state index in [1.54, 1.807) is 65.2 Å². The van der Waals surface area contributed by atoms with Gasteiger partial charge in [0.15, 0.2) is 29.8 Å². The van der Waals surface area contributed by atoms with Crippen molar-refractivity contribution in [1.82, 2.24) is 34.3 Å². The summed E-state index contributed by atoms with van der Waals surface area (Å²) in [5.41, 5.74) is 1.13. The number of nitro groups is 1. The maximum atomic E-state index is 13.4. The molecule has 2 aromatic carbocycles. The Bertz CT molecular complexity index is 1910. The van der Waals surface area contributed by atoms with Crippen LogP contribution in [0, 0.1) is 10.1 Å². The largest absolute Gasteiger partial charge is 0.491 e. The molecule has 0 amide bonds. The maximum absolute atomic E-state index is 13.4. The Morgan fingerprint density at radius 1 is 0.917 bits per heavy atom. The summed E-state index contributed by atoms with van der Waals surface area (Å²) in [6.45, 7) is 0.210. The number of aromatic nitrogens is 7. The third-order valence-corrected chi connectivity index (χ3v) is 7.85. The Morgan fingerprint density at radius 2 is 1.67 bits per heavy atom. The summed E-state index contributed by atoms with van der Waals surface area (Å²) in [5, 5.41) is 15.1. The number of benzene rings is 2. The monoisotopic (exact) mass is 656 g/mol. The molecular weight excluding hydrogens is 628 g/mol. The molecule has 5 aromatic rings. The number of nitrogens with zero attached hydrogens (tertiary/aromatic N) is 8. The molecule has 0 spiro atoms. The molecule has 2 aliphatic heterocycles. The number of imidazole rings is 1. The van der Waals surface area contributed by atoms with Gasteiger partial charge in [0.05, 0.1) is 17.5 Å². The zero-order chi connectivity index (χ0) is 33.0. The third-order valence-electron chi connectivity index (χ3n) is 7.85. The van der Waals surface area contributed by atoms with Gasteiger partial charge in [-0.25, -0.2) is 24.5 Å². The van der Waals surface area contributed by atoms with Crippen LogP contribution in [-0.4, -0.2) is 89.0 Å². The SMILES string of the molecule is O=C(OC[C@H]1O[C@@H](n2cnc3c(-n4cnc([N+](=O)[O-])n4)ncnc32)[C@H](OC2CCCCO2)[C@@H]1OC(=O)c1ccccc1)c1ccccc1. The van der Waals surface area contributed by atoms with Crippen molar-refractivity contribution >= 4 is 29.1 Å². The third kappa shape index (κ3) is 6.33. The smallest absolute Gasteiger partial charge is 0.459 e. The highest BCUT2D eigenvalue weighted by Crippen LogP contribution is 2.38. The van der Waals surface area contributed by atoms with Crippen molar-refractivity contribution in [2.45, 2.75) is 50.1 Å². The number of ether oxygens (including phenoxy) is 5. The highest BCUT2D eigenvalue weighted by molar-refractivity contribution is 5.90. The Balaban J connectivity index is 1.25. The van der Waals surface area contributed by atoms with Gasteiger partial charge in [-0.2, -0.15) is 0 Å². The molecule has 17 nitrogen and oxygen atoms in total. The molecule has 7 rings (SSSR count). The van der Waals surface area contributed by atoms with Gasteiger partial charge in [0.25, 0.3) is 0 Å². The topological polar surface area (TPSA) is 198 Å². The average Bonchev–Trinajstić information content (AvgIpc) is 3.87. The van der Waals surface area contributed by atoms with Crippen LogP contribution in [0.25, 0.3) is 17.0 Å². The second-order valence-corrected chi connectivity index (χ2v) is 10.9. The minimum absolute atomic E-state index is 0.130. The summed E-state index contributed by atoms with van der Waals surface area (Å²) in [6, 6.07) is 16.9. The van der Waals surface area contributed by atoms with Gasteiger partial charge in [0.1, 0.15) is 25.1 Å². The number of fused-ring (bicyclic) bond motifs is 1. The molecule has 0 bridgehead atoms. The van der Waals surface area contributed by atoms with Crippen LogP contribution in [0.15, 0.2) is 79.6 Å². The normalized spacial score (nSPS) is 22.4. The molecule has 0 N–H and O–H groups in total. The van der Waals surface area contributed by atoms with Crippen molar-refractivity contribution in [3.05, 3.63) is 101 Å². The minimum atomic E-state index is -1.08. The van der Waals surface area contributed by atoms with Gasteiger partial charge in [0, 0.05) is 11.7 Å². The van der Waals surface area contributed by atoms with E-state index in [1.807, 2.05) is 0 Å². The zero-order valence-electron chi connectivity index (χ0n) is 25.2. The van der Waals surface area contributed by atoms with Gasteiger partial charge >= 0.3 is 17.9 Å². The van der Waals surface area contributed by atoms with Gasteiger partial charge in [-0.1, -0.05) is 41.4 Å². The lowest BCUT2D eigenvalue weighted by Crippen LogP contribution is -2.43. The molecule has 1 unspecified atom stereocenters. The molecule has 2 saturated heterocycles. The predicted molar refractivity (Wildman–Crippen MR) is 162 cm³/mol. The first kappa shape index (κ1) is 31.0. The van der Waals surface area contributed by atoms with E-state index in [9.17, 15) is 19.7 Å². The van der Waals surface area contributed by atoms with E-state index in [-0.39, 0.29) is 23.6 Å². The summed E-state index contributed by atoms with van der Waals surface area (Å²) in [7, 11) is 0. The lowest BCUT2D eigenvalue weighted by Gasteiger charge is -2.30. The number of esters is 2. The molecule has 0 saturated carbocycles. The quantitative estimate of drug-likeness (QED) is 0.121. The van der Waals surface area contributed by atoms with Crippen LogP contribution in [-0.2, 0) is 23.7 Å². The Hall–Kier alpha value is -5.65. The number of carbonyl (C=O) groups excluding carboxylic acids is 2. The fourth-order valence-corrected chi connectivity index (χ4v) is 5.56. The molecule has 5 heterocycles. The van der Waals surface area contributed by atoms with Crippen LogP contribution < -0.4 is 0 Å². The molecule has 0 radical (unpaired) electrons. The Labute approximate surface area is 271 Å². The van der Waals surface area contributed by atoms with Gasteiger partial charge in [-0.3, -0.25) is 4.57 Å². The van der Waals surface area contributed by atoms with E-state index in [0.717, 1.165) is 23.9 Å². The number of hydrogen-bond acceptors (Lipinski definition) is 14. The molecule has 3 aromatic heterocycles. The second kappa shape index (κ2) is 13.6. The van der Waals surface area contributed by atoms with E-state index < -0.39 is 53.6 Å². The Kier molecular flexibility index (Phi) is 8.78. The standard InChI is InChI=1S/C31H28N8O9/c40-29(19-9-3-1-4-10-19)45-15-21-24(48-30(41)20-11-5-2-6-12-20)25(47-22-13-7-8-14-44-22)28(46-21)37-17-34-23-26(37)32-16-33-27(23)38-18-35-31(36-38)39(42)43/h1-6,9-12,16-18,21-22,24-25,28H,7-8,13-15H2/t21-,22?,24-,25-,28-/m1/s1. The molecular formula is C31H28N8O9. The summed E-state index contributed by atoms with van der Waals surface area (Å²) in [5.74, 6) is -1.70. The van der Waals surface area contributed by atoms with Crippen LogP contribution in [0.2, 0.25) is 0 Å². The maximum Gasteiger partial charge on any atom is 0.491 e. The minimum Gasteiger partial charge on any atom is -0.459 e. The van der Waals surface area contributed by atoms with E-state index in [0.29, 0.717) is 24.2 Å². The van der Waals surface area contributed by atoms with E-state index in [4.69, 9.17) is 23.7 Å². The molecule has 48 heavy (non-hydrogen) atoms. The van der Waals surface area contributed by atoms with Crippen LogP contribution in [0.5, 0.6) is 0 Å². The first-order valence-corrected chi connectivity index (χ1v) is 15.1. The van der Waals surface area contributed by atoms with Crippen LogP contribution >= 0.6 is 0 Å². The van der Waals surface area contributed by atoms with Gasteiger partial charge < -0.3 is 33.8 Å². The molecule has 246 valence electrons. The van der Waals surface area contributed by atoms with Crippen molar-refractivity contribution in [1.29, 1.82) is 0 Å². The van der Waals surface area contributed by atoms with Crippen molar-refractivity contribution in [2.75, 3.05) is 13.2 Å². The lowest BCUT2D eigenvalue weighted by molar-refractivity contribution is -0.394. The van der Waals surface area contributed by atoms with Crippen molar-refractivity contribution in [3.8, 4) is 5.82 Å². The van der Waals surface area contributed by atoms with Crippen molar-refractivity contribution < 1.29 is 38.2 Å². The van der Waals surface area contributed by atoms with Crippen molar-refractivity contribution in [3.63, 3.8) is 0 Å². The van der Waals surface area contributed by atoms with Crippen molar-refractivity contribution in [2.24, 2.45) is 0 Å². The highest BCUT2D eigenvalue weighted by Gasteiger charge is 2.51. The molecule has 0 aliphatic carbocycles. The van der Waals surface area contributed by atoms with Gasteiger partial charge in [-0.05, 0) is 48.5 Å². The number of carbonyl (C=O) groups is 2. The summed E-state index contributed by atoms with van der Waals surface area (Å²) in [6.07, 6.45) is 1.47. The van der Waals surface area contributed by atoms with E-state index in [2.05, 4.69) is 25.0 Å². The van der Waals surface area contributed by atoms with E-state index >= 15 is 0 Å². The van der Waals surface area contributed by atoms with Crippen LogP contribution in [0.3, 0.4) is 0 Å². The molecule has 17 heteroatoms. The van der Waals surface area contributed by atoms with Gasteiger partial charge in [-0.15, -0.1) is 4.68 Å². The first-order valence-electron chi connectivity index (χ1n) is 15.1. The summed E-state index contributed by atoms with van der Waals surface area (Å²) >= 11 is 0. The number of hydrogen-bond donors (Lipinski definition) is 0. The fraction of sp³-hybridized carbons (Fsp3) is 0.323. The van der Waals surface area contributed by atoms with Gasteiger partial charge in [0.2, 0.25) is 12.1 Å². The molecule has 2 aliphatic rings. The predicted octanol–water partition coefficient (Wildman–Crippen LogP) is 3.21. The first-order chi connectivity index (χ1) is 23.5. The van der Waals surface area contributed by atoms with E-state index in [1.165, 1.54) is 12.7 Å². The highest BCUT2D eigenvalue weighted by atomic mass is 16.7. The number of rotatable bonds is 10. The lowest BCUT2D eigenvalue weighted by atomic mass is 10.1. The average molecular weight is 657 g/mol. The zero-order valence-corrected chi connectivity index (χ0v) is 25.2. The fourth-order valence-electron chi connectivity index (χ4n) is 5.56. The van der Waals surface area contributed by atoms with Crippen LogP contribution in [0.1, 0.15) is 46.2 Å². The summed E-state index contributed by atoms with van der Waals surface area (Å²) in [4.78, 5) is 53.6. The molecule has 5 atom stereocenters. The Morgan fingerprint density at radius 3 is 2.35 bits per heavy atom. The summed E-state index contributed by atoms with van der Waals surface area (Å²) < 4.78 is 33.3. The second-order valence-electron chi connectivity index (χ2n) is 10.9. The van der Waals surface area contributed by atoms with Crippen LogP contribution in [0.4, 0.5) is 5.95 Å².